The van der Waals surface area contributed by atoms with Crippen molar-refractivity contribution in [3.8, 4) is 5.75 Å². The van der Waals surface area contributed by atoms with Crippen LogP contribution in [0.25, 0.3) is 0 Å². The number of aromatic nitrogens is 1. The fourth-order valence-corrected chi connectivity index (χ4v) is 2.19. The van der Waals surface area contributed by atoms with Gasteiger partial charge >= 0.3 is 5.97 Å². The van der Waals surface area contributed by atoms with E-state index in [1.165, 1.54) is 6.07 Å². The van der Waals surface area contributed by atoms with Crippen LogP contribution >= 0.6 is 11.8 Å². The first-order chi connectivity index (χ1) is 9.25. The van der Waals surface area contributed by atoms with E-state index in [1.54, 1.807) is 42.4 Å². The number of carboxylic acid groups (broad SMARTS) is 1. The zero-order chi connectivity index (χ0) is 13.5. The summed E-state index contributed by atoms with van der Waals surface area (Å²) in [4.78, 5) is 15.9. The first-order valence-corrected chi connectivity index (χ1v) is 6.73. The smallest absolute Gasteiger partial charge is 0.335 e. The number of nitrogens with zero attached hydrogens (tertiary/aromatic N) is 1. The molecule has 1 aromatic heterocycles. The van der Waals surface area contributed by atoms with Gasteiger partial charge in [-0.3, -0.25) is 4.98 Å². The highest BCUT2D eigenvalue weighted by molar-refractivity contribution is 7.99. The molecule has 0 aliphatic rings. The predicted molar refractivity (Wildman–Crippen MR) is 73.9 cm³/mol. The molecule has 1 N–H and O–H groups in total. The summed E-state index contributed by atoms with van der Waals surface area (Å²) in [7, 11) is 0. The third-order valence-electron chi connectivity index (χ3n) is 2.35. The van der Waals surface area contributed by atoms with Crippen LogP contribution in [-0.4, -0.2) is 28.4 Å². The highest BCUT2D eigenvalue weighted by atomic mass is 32.2. The van der Waals surface area contributed by atoms with Crippen LogP contribution in [0.5, 0.6) is 5.75 Å². The van der Waals surface area contributed by atoms with Crippen molar-refractivity contribution in [2.45, 2.75) is 4.90 Å². The first kappa shape index (κ1) is 13.4. The summed E-state index contributed by atoms with van der Waals surface area (Å²) >= 11 is 1.67. The second-order valence-corrected chi connectivity index (χ2v) is 4.88. The van der Waals surface area contributed by atoms with E-state index in [1.807, 2.05) is 12.1 Å². The third-order valence-corrected chi connectivity index (χ3v) is 3.33. The Kier molecular flexibility index (Phi) is 4.80. The average molecular weight is 275 g/mol. The molecule has 0 bridgehead atoms. The molecule has 0 fully saturated rings. The SMILES string of the molecule is O=C(O)c1cccc(OCCSc2ccncc2)c1. The summed E-state index contributed by atoms with van der Waals surface area (Å²) in [6, 6.07) is 10.4. The number of hydrogen-bond donors (Lipinski definition) is 1. The lowest BCUT2D eigenvalue weighted by Gasteiger charge is -2.06. The predicted octanol–water partition coefficient (Wildman–Crippen LogP) is 2.95. The van der Waals surface area contributed by atoms with Gasteiger partial charge in [-0.25, -0.2) is 4.79 Å². The first-order valence-electron chi connectivity index (χ1n) is 5.75. The van der Waals surface area contributed by atoms with Gasteiger partial charge in [-0.1, -0.05) is 6.07 Å². The molecule has 0 aliphatic heterocycles. The minimum absolute atomic E-state index is 0.235. The monoisotopic (exact) mass is 275 g/mol. The lowest BCUT2D eigenvalue weighted by molar-refractivity contribution is 0.0696. The van der Waals surface area contributed by atoms with E-state index in [2.05, 4.69) is 4.98 Å². The van der Waals surface area contributed by atoms with Crippen molar-refractivity contribution >= 4 is 17.7 Å². The molecule has 0 radical (unpaired) electrons. The quantitative estimate of drug-likeness (QED) is 0.648. The standard InChI is InChI=1S/C14H13NO3S/c16-14(17)11-2-1-3-12(10-11)18-8-9-19-13-4-6-15-7-5-13/h1-7,10H,8-9H2,(H,16,17). The largest absolute Gasteiger partial charge is 0.493 e. The van der Waals surface area contributed by atoms with Gasteiger partial charge in [-0.15, -0.1) is 11.8 Å². The van der Waals surface area contributed by atoms with Crippen molar-refractivity contribution in [2.24, 2.45) is 0 Å². The number of pyridine rings is 1. The molecule has 0 spiro atoms. The minimum atomic E-state index is -0.948. The van der Waals surface area contributed by atoms with Crippen molar-refractivity contribution in [1.29, 1.82) is 0 Å². The van der Waals surface area contributed by atoms with Gasteiger partial charge in [0.15, 0.2) is 0 Å². The number of carboxylic acids is 1. The number of aromatic carboxylic acids is 1. The Hall–Kier alpha value is -2.01. The van der Waals surface area contributed by atoms with E-state index in [0.29, 0.717) is 12.4 Å². The Labute approximate surface area is 115 Å². The zero-order valence-corrected chi connectivity index (χ0v) is 11.0. The van der Waals surface area contributed by atoms with E-state index >= 15 is 0 Å². The fourth-order valence-electron chi connectivity index (χ4n) is 1.47. The Morgan fingerprint density at radius 3 is 2.79 bits per heavy atom. The highest BCUT2D eigenvalue weighted by Gasteiger charge is 2.03. The molecule has 2 aromatic rings. The highest BCUT2D eigenvalue weighted by Crippen LogP contribution is 2.17. The van der Waals surface area contributed by atoms with E-state index in [0.717, 1.165) is 10.6 Å². The second kappa shape index (κ2) is 6.80. The van der Waals surface area contributed by atoms with Gasteiger partial charge in [-0.2, -0.15) is 0 Å². The summed E-state index contributed by atoms with van der Waals surface area (Å²) in [5.74, 6) is 0.424. The molecule has 4 nitrogen and oxygen atoms in total. The van der Waals surface area contributed by atoms with E-state index in [4.69, 9.17) is 9.84 Å². The molecular formula is C14H13NO3S. The van der Waals surface area contributed by atoms with Gasteiger partial charge in [0.25, 0.3) is 0 Å². The van der Waals surface area contributed by atoms with E-state index in [9.17, 15) is 4.79 Å². The molecule has 98 valence electrons. The van der Waals surface area contributed by atoms with Crippen LogP contribution in [0.4, 0.5) is 0 Å². The number of hydrogen-bond acceptors (Lipinski definition) is 4. The molecule has 19 heavy (non-hydrogen) atoms. The molecule has 0 saturated heterocycles. The molecular weight excluding hydrogens is 262 g/mol. The maximum atomic E-state index is 10.8. The van der Waals surface area contributed by atoms with Gasteiger partial charge in [-0.05, 0) is 30.3 Å². The molecule has 0 unspecified atom stereocenters. The van der Waals surface area contributed by atoms with E-state index < -0.39 is 5.97 Å². The fraction of sp³-hybridized carbons (Fsp3) is 0.143. The third kappa shape index (κ3) is 4.30. The van der Waals surface area contributed by atoms with Crippen LogP contribution in [0.1, 0.15) is 10.4 Å². The van der Waals surface area contributed by atoms with Crippen molar-refractivity contribution in [2.75, 3.05) is 12.4 Å². The number of rotatable bonds is 6. The van der Waals surface area contributed by atoms with Crippen molar-refractivity contribution in [1.82, 2.24) is 4.98 Å². The van der Waals surface area contributed by atoms with Crippen molar-refractivity contribution < 1.29 is 14.6 Å². The molecule has 1 aromatic carbocycles. The zero-order valence-electron chi connectivity index (χ0n) is 10.2. The Bertz CT molecular complexity index is 545. The Morgan fingerprint density at radius 1 is 1.26 bits per heavy atom. The molecule has 0 amide bonds. The van der Waals surface area contributed by atoms with Crippen LogP contribution in [0.2, 0.25) is 0 Å². The maximum absolute atomic E-state index is 10.8. The number of carbonyl (C=O) groups is 1. The van der Waals surface area contributed by atoms with Gasteiger partial charge in [0, 0.05) is 23.0 Å². The summed E-state index contributed by atoms with van der Waals surface area (Å²) in [6.45, 7) is 0.524. The van der Waals surface area contributed by atoms with Crippen LogP contribution in [0.3, 0.4) is 0 Å². The lowest BCUT2D eigenvalue weighted by atomic mass is 10.2. The Balaban J connectivity index is 1.80. The van der Waals surface area contributed by atoms with Gasteiger partial charge < -0.3 is 9.84 Å². The normalized spacial score (nSPS) is 10.1. The van der Waals surface area contributed by atoms with Gasteiger partial charge in [0.2, 0.25) is 0 Å². The maximum Gasteiger partial charge on any atom is 0.335 e. The second-order valence-electron chi connectivity index (χ2n) is 3.71. The van der Waals surface area contributed by atoms with Crippen LogP contribution in [-0.2, 0) is 0 Å². The molecule has 0 aliphatic carbocycles. The summed E-state index contributed by atoms with van der Waals surface area (Å²) in [6.07, 6.45) is 3.50. The Morgan fingerprint density at radius 2 is 2.05 bits per heavy atom. The average Bonchev–Trinajstić information content (AvgIpc) is 2.45. The number of benzene rings is 1. The summed E-state index contributed by atoms with van der Waals surface area (Å²) in [5.41, 5.74) is 0.235. The minimum Gasteiger partial charge on any atom is -0.493 e. The van der Waals surface area contributed by atoms with Crippen molar-refractivity contribution in [3.05, 3.63) is 54.4 Å². The molecule has 0 atom stereocenters. The molecule has 2 rings (SSSR count). The van der Waals surface area contributed by atoms with Crippen molar-refractivity contribution in [3.63, 3.8) is 0 Å². The molecule has 1 heterocycles. The lowest BCUT2D eigenvalue weighted by Crippen LogP contribution is -2.02. The van der Waals surface area contributed by atoms with Gasteiger partial charge in [0.05, 0.1) is 12.2 Å². The van der Waals surface area contributed by atoms with Gasteiger partial charge in [0.1, 0.15) is 5.75 Å². The summed E-state index contributed by atoms with van der Waals surface area (Å²) in [5, 5.41) is 8.86. The number of thioether (sulfide) groups is 1. The molecule has 5 heteroatoms. The van der Waals surface area contributed by atoms with E-state index in [-0.39, 0.29) is 5.56 Å². The summed E-state index contributed by atoms with van der Waals surface area (Å²) < 4.78 is 5.52. The molecule has 0 saturated carbocycles. The number of ether oxygens (including phenoxy) is 1. The topological polar surface area (TPSA) is 59.4 Å². The van der Waals surface area contributed by atoms with Crippen LogP contribution in [0.15, 0.2) is 53.7 Å². The van der Waals surface area contributed by atoms with Crippen LogP contribution < -0.4 is 4.74 Å². The van der Waals surface area contributed by atoms with Crippen LogP contribution in [0, 0.1) is 0 Å².